The monoisotopic (exact) mass is 310 g/mol. The first-order valence-electron chi connectivity index (χ1n) is 8.88. The molecule has 4 aromatic rings. The van der Waals surface area contributed by atoms with Crippen LogP contribution in [0, 0.1) is 5.92 Å². The van der Waals surface area contributed by atoms with E-state index in [-0.39, 0.29) is 0 Å². The van der Waals surface area contributed by atoms with E-state index in [2.05, 4.69) is 79.7 Å². The topological polar surface area (TPSA) is 0 Å². The number of hydrogen-bond acceptors (Lipinski definition) is 0. The van der Waals surface area contributed by atoms with Crippen molar-refractivity contribution in [2.45, 2.75) is 20.8 Å². The van der Waals surface area contributed by atoms with E-state index in [0.29, 0.717) is 5.92 Å². The van der Waals surface area contributed by atoms with Gasteiger partial charge in [0.25, 0.3) is 0 Å². The molecular formula is C24H22. The average Bonchev–Trinajstić information content (AvgIpc) is 2.80. The quantitative estimate of drug-likeness (QED) is 0.263. The van der Waals surface area contributed by atoms with Gasteiger partial charge in [-0.25, -0.2) is 0 Å². The summed E-state index contributed by atoms with van der Waals surface area (Å²) in [4.78, 5) is 0. The van der Waals surface area contributed by atoms with Crippen LogP contribution in [0.1, 0.15) is 26.3 Å². The zero-order valence-corrected chi connectivity index (χ0v) is 14.5. The van der Waals surface area contributed by atoms with Crippen molar-refractivity contribution >= 4 is 44.5 Å². The van der Waals surface area contributed by atoms with E-state index in [4.69, 9.17) is 0 Å². The number of rotatable bonds is 0. The van der Waals surface area contributed by atoms with E-state index < -0.39 is 0 Å². The summed E-state index contributed by atoms with van der Waals surface area (Å²) in [5.74, 6) is 0.476. The van der Waals surface area contributed by atoms with Crippen LogP contribution in [-0.4, -0.2) is 0 Å². The Morgan fingerprint density at radius 3 is 2.46 bits per heavy atom. The smallest absolute Gasteiger partial charge is 0.00205 e. The second-order valence-corrected chi connectivity index (χ2v) is 6.31. The molecule has 118 valence electrons. The molecule has 0 heterocycles. The van der Waals surface area contributed by atoms with Crippen LogP contribution >= 0.6 is 0 Å². The zero-order chi connectivity index (χ0) is 16.7. The molecule has 0 spiro atoms. The lowest BCUT2D eigenvalue weighted by molar-refractivity contribution is 1.01. The van der Waals surface area contributed by atoms with E-state index in [1.165, 1.54) is 43.1 Å². The summed E-state index contributed by atoms with van der Waals surface area (Å²) in [6, 6.07) is 20.1. The molecule has 24 heavy (non-hydrogen) atoms. The van der Waals surface area contributed by atoms with Crippen molar-refractivity contribution in [1.29, 1.82) is 0 Å². The number of hydrogen-bond donors (Lipinski definition) is 0. The van der Waals surface area contributed by atoms with Gasteiger partial charge in [0.05, 0.1) is 0 Å². The maximum absolute atomic E-state index is 2.37. The van der Waals surface area contributed by atoms with Crippen LogP contribution in [0.4, 0.5) is 0 Å². The molecule has 1 unspecified atom stereocenters. The van der Waals surface area contributed by atoms with Gasteiger partial charge in [0.15, 0.2) is 0 Å². The van der Waals surface area contributed by atoms with Crippen molar-refractivity contribution < 1.29 is 0 Å². The highest BCUT2D eigenvalue weighted by atomic mass is 14.2. The highest BCUT2D eigenvalue weighted by molar-refractivity contribution is 6.22. The first kappa shape index (κ1) is 15.0. The first-order valence-corrected chi connectivity index (χ1v) is 8.88. The molecule has 0 aliphatic heterocycles. The molecule has 0 saturated heterocycles. The summed E-state index contributed by atoms with van der Waals surface area (Å²) < 4.78 is 0. The van der Waals surface area contributed by atoms with E-state index in [1.54, 1.807) is 0 Å². The molecule has 1 aliphatic carbocycles. The van der Waals surface area contributed by atoms with E-state index >= 15 is 0 Å². The molecule has 1 aliphatic rings. The van der Waals surface area contributed by atoms with Crippen LogP contribution < -0.4 is 5.22 Å². The third-order valence-corrected chi connectivity index (χ3v) is 4.84. The maximum atomic E-state index is 2.37. The highest BCUT2D eigenvalue weighted by Crippen LogP contribution is 2.34. The molecule has 0 N–H and O–H groups in total. The molecule has 0 fully saturated rings. The van der Waals surface area contributed by atoms with Crippen LogP contribution in [0.3, 0.4) is 0 Å². The molecule has 5 rings (SSSR count). The molecular weight excluding hydrogens is 288 g/mol. The lowest BCUT2D eigenvalue weighted by Gasteiger charge is -2.12. The van der Waals surface area contributed by atoms with Crippen LogP contribution in [0.2, 0.25) is 0 Å². The van der Waals surface area contributed by atoms with Crippen molar-refractivity contribution in [2.24, 2.45) is 5.92 Å². The zero-order valence-electron chi connectivity index (χ0n) is 14.5. The fourth-order valence-corrected chi connectivity index (χ4v) is 3.83. The van der Waals surface area contributed by atoms with Crippen LogP contribution in [0.25, 0.3) is 44.5 Å². The van der Waals surface area contributed by atoms with Gasteiger partial charge in [-0.1, -0.05) is 87.5 Å². The van der Waals surface area contributed by atoms with Gasteiger partial charge in [-0.15, -0.1) is 0 Å². The maximum Gasteiger partial charge on any atom is -0.00205 e. The lowest BCUT2D eigenvalue weighted by Crippen LogP contribution is -2.04. The standard InChI is InChI=1S/C22H16.C2H6/c1-14-6-7-15-10-11-20-19-5-3-2-4-16(19)13-18-9-8-17(12-14)21(15)22(18)20;1-2/h2-14H,1H3;1-2H3. The van der Waals surface area contributed by atoms with Crippen LogP contribution in [0.5, 0.6) is 0 Å². The second kappa shape index (κ2) is 5.79. The van der Waals surface area contributed by atoms with Gasteiger partial charge in [0.1, 0.15) is 0 Å². The van der Waals surface area contributed by atoms with Crippen molar-refractivity contribution in [1.82, 2.24) is 0 Å². The Morgan fingerprint density at radius 1 is 0.750 bits per heavy atom. The number of fused-ring (bicyclic) bond motifs is 2. The summed E-state index contributed by atoms with van der Waals surface area (Å²) in [6.07, 6.45) is 6.94. The van der Waals surface area contributed by atoms with Crippen molar-refractivity contribution in [3.63, 3.8) is 0 Å². The number of benzene rings is 4. The van der Waals surface area contributed by atoms with Gasteiger partial charge in [-0.05, 0) is 55.1 Å². The average molecular weight is 310 g/mol. The lowest BCUT2D eigenvalue weighted by atomic mass is 9.92. The molecule has 0 nitrogen and oxygen atoms in total. The van der Waals surface area contributed by atoms with E-state index in [0.717, 1.165) is 0 Å². The Kier molecular flexibility index (Phi) is 3.61. The summed E-state index contributed by atoms with van der Waals surface area (Å²) >= 11 is 0. The Bertz CT molecular complexity index is 1130. The van der Waals surface area contributed by atoms with Gasteiger partial charge in [0.2, 0.25) is 0 Å². The Balaban J connectivity index is 0.000000704. The third kappa shape index (κ3) is 2.14. The molecule has 4 aromatic carbocycles. The minimum atomic E-state index is 0.476. The minimum absolute atomic E-state index is 0.476. The highest BCUT2D eigenvalue weighted by Gasteiger charge is 2.12. The SMILES string of the molecule is CC.CC1C=Cc2ccc3c4ccccc4cc4ccc(c2c43)=C1. The van der Waals surface area contributed by atoms with Gasteiger partial charge < -0.3 is 0 Å². The summed E-state index contributed by atoms with van der Waals surface area (Å²) in [5, 5.41) is 9.54. The molecule has 0 saturated carbocycles. The second-order valence-electron chi connectivity index (χ2n) is 6.31. The summed E-state index contributed by atoms with van der Waals surface area (Å²) in [6.45, 7) is 6.25. The van der Waals surface area contributed by atoms with Crippen molar-refractivity contribution in [3.05, 3.63) is 71.5 Å². The van der Waals surface area contributed by atoms with Gasteiger partial charge in [-0.2, -0.15) is 0 Å². The van der Waals surface area contributed by atoms with E-state index in [1.807, 2.05) is 13.8 Å². The van der Waals surface area contributed by atoms with E-state index in [9.17, 15) is 0 Å². The Morgan fingerprint density at radius 2 is 1.58 bits per heavy atom. The predicted molar refractivity (Wildman–Crippen MR) is 108 cm³/mol. The summed E-state index contributed by atoms with van der Waals surface area (Å²) in [7, 11) is 0. The fraction of sp³-hybridized carbons (Fsp3) is 0.167. The Labute approximate surface area is 143 Å². The third-order valence-electron chi connectivity index (χ3n) is 4.84. The van der Waals surface area contributed by atoms with Crippen molar-refractivity contribution in [2.75, 3.05) is 0 Å². The fourth-order valence-electron chi connectivity index (χ4n) is 3.83. The largest absolute Gasteiger partial charge is 0.0773 e. The molecule has 1 atom stereocenters. The molecule has 0 amide bonds. The minimum Gasteiger partial charge on any atom is -0.0773 e. The van der Waals surface area contributed by atoms with Gasteiger partial charge in [-0.3, -0.25) is 0 Å². The molecule has 0 bridgehead atoms. The van der Waals surface area contributed by atoms with Crippen LogP contribution in [-0.2, 0) is 0 Å². The van der Waals surface area contributed by atoms with Gasteiger partial charge in [0, 0.05) is 0 Å². The van der Waals surface area contributed by atoms with Crippen LogP contribution in [0.15, 0.2) is 60.7 Å². The normalized spacial score (nSPS) is 15.9. The molecule has 0 aromatic heterocycles. The van der Waals surface area contributed by atoms with Gasteiger partial charge >= 0.3 is 0 Å². The Hall–Kier alpha value is -2.60. The summed E-state index contributed by atoms with van der Waals surface area (Å²) in [5.41, 5.74) is 1.34. The first-order chi connectivity index (χ1) is 11.8. The molecule has 0 heteroatoms. The van der Waals surface area contributed by atoms with Crippen molar-refractivity contribution in [3.8, 4) is 0 Å². The molecule has 0 radical (unpaired) electrons. The number of allylic oxidation sites excluding steroid dienone is 1. The predicted octanol–water partition coefficient (Wildman–Crippen LogP) is 6.33.